The van der Waals surface area contributed by atoms with Gasteiger partial charge in [0.2, 0.25) is 5.91 Å². The second-order valence-electron chi connectivity index (χ2n) is 4.94. The molecule has 1 aliphatic carbocycles. The first-order chi connectivity index (χ1) is 9.68. The van der Waals surface area contributed by atoms with Crippen molar-refractivity contribution in [2.75, 3.05) is 13.1 Å². The van der Waals surface area contributed by atoms with E-state index in [9.17, 15) is 14.4 Å². The van der Waals surface area contributed by atoms with E-state index in [-0.39, 0.29) is 17.4 Å². The highest BCUT2D eigenvalue weighted by Gasteiger charge is 2.21. The molecule has 0 spiro atoms. The molecule has 1 saturated carbocycles. The van der Waals surface area contributed by atoms with Gasteiger partial charge in [0.1, 0.15) is 5.56 Å². The van der Waals surface area contributed by atoms with Gasteiger partial charge in [-0.1, -0.05) is 12.8 Å². The van der Waals surface area contributed by atoms with Gasteiger partial charge in [0, 0.05) is 25.2 Å². The van der Waals surface area contributed by atoms with E-state index >= 15 is 0 Å². The van der Waals surface area contributed by atoms with Crippen LogP contribution in [0, 0.1) is 5.92 Å². The monoisotopic (exact) mass is 277 g/mol. The molecule has 1 heterocycles. The number of aromatic amines is 1. The maximum atomic E-state index is 11.7. The fourth-order valence-electron chi connectivity index (χ4n) is 2.39. The van der Waals surface area contributed by atoms with Gasteiger partial charge in [-0.3, -0.25) is 14.4 Å². The third-order valence-electron chi connectivity index (χ3n) is 3.50. The van der Waals surface area contributed by atoms with Gasteiger partial charge in [0.25, 0.3) is 11.5 Å². The van der Waals surface area contributed by atoms with Crippen molar-refractivity contribution in [3.05, 3.63) is 34.2 Å². The van der Waals surface area contributed by atoms with Crippen LogP contribution in [0.5, 0.6) is 0 Å². The summed E-state index contributed by atoms with van der Waals surface area (Å²) in [5.41, 5.74) is -0.338. The van der Waals surface area contributed by atoms with E-state index in [0.717, 1.165) is 25.7 Å². The van der Waals surface area contributed by atoms with Crippen LogP contribution in [0.15, 0.2) is 23.1 Å². The predicted molar refractivity (Wildman–Crippen MR) is 74.4 cm³/mol. The van der Waals surface area contributed by atoms with Gasteiger partial charge < -0.3 is 15.6 Å². The smallest absolute Gasteiger partial charge is 0.260 e. The highest BCUT2D eigenvalue weighted by molar-refractivity contribution is 5.93. The van der Waals surface area contributed by atoms with Crippen molar-refractivity contribution >= 4 is 11.8 Å². The minimum absolute atomic E-state index is 0.0642. The van der Waals surface area contributed by atoms with Crippen molar-refractivity contribution in [2.24, 2.45) is 5.92 Å². The Morgan fingerprint density at radius 1 is 1.20 bits per heavy atom. The predicted octanol–water partition coefficient (Wildman–Crippen LogP) is 0.411. The van der Waals surface area contributed by atoms with Gasteiger partial charge in [-0.15, -0.1) is 0 Å². The third-order valence-corrected chi connectivity index (χ3v) is 3.50. The number of aromatic nitrogens is 1. The van der Waals surface area contributed by atoms with Crippen molar-refractivity contribution < 1.29 is 9.59 Å². The molecule has 3 N–H and O–H groups in total. The van der Waals surface area contributed by atoms with Crippen LogP contribution in [-0.4, -0.2) is 29.9 Å². The number of hydrogen-bond acceptors (Lipinski definition) is 3. The highest BCUT2D eigenvalue weighted by atomic mass is 16.2. The minimum Gasteiger partial charge on any atom is -0.354 e. The van der Waals surface area contributed by atoms with Crippen LogP contribution in [0.4, 0.5) is 0 Å². The van der Waals surface area contributed by atoms with E-state index in [4.69, 9.17) is 0 Å². The highest BCUT2D eigenvalue weighted by Crippen LogP contribution is 2.24. The van der Waals surface area contributed by atoms with Gasteiger partial charge in [-0.25, -0.2) is 0 Å². The molecule has 0 aliphatic heterocycles. The summed E-state index contributed by atoms with van der Waals surface area (Å²) >= 11 is 0. The largest absolute Gasteiger partial charge is 0.354 e. The van der Waals surface area contributed by atoms with E-state index in [0.29, 0.717) is 13.1 Å². The summed E-state index contributed by atoms with van der Waals surface area (Å²) in [5.74, 6) is -0.237. The lowest BCUT2D eigenvalue weighted by atomic mass is 10.1. The number of carbonyl (C=O) groups is 2. The summed E-state index contributed by atoms with van der Waals surface area (Å²) < 4.78 is 0. The van der Waals surface area contributed by atoms with E-state index in [1.54, 1.807) is 6.07 Å². The second kappa shape index (κ2) is 6.88. The average Bonchev–Trinajstić information content (AvgIpc) is 2.98. The average molecular weight is 277 g/mol. The van der Waals surface area contributed by atoms with Crippen LogP contribution in [0.3, 0.4) is 0 Å². The SMILES string of the molecule is O=C(NCCNC(=O)C1CCCC1)c1ccc[nH]c1=O. The molecule has 1 aromatic rings. The molecule has 108 valence electrons. The number of rotatable bonds is 5. The summed E-state index contributed by atoms with van der Waals surface area (Å²) in [4.78, 5) is 37.3. The zero-order chi connectivity index (χ0) is 14.4. The number of nitrogens with one attached hydrogen (secondary N) is 3. The Morgan fingerprint density at radius 2 is 1.90 bits per heavy atom. The van der Waals surface area contributed by atoms with Crippen LogP contribution < -0.4 is 16.2 Å². The molecule has 0 saturated heterocycles. The Kier molecular flexibility index (Phi) is 4.92. The summed E-state index contributed by atoms with van der Waals surface area (Å²) in [5, 5.41) is 5.42. The molecule has 0 atom stereocenters. The maximum absolute atomic E-state index is 11.7. The molecule has 0 radical (unpaired) electrons. The number of amides is 2. The molecule has 2 rings (SSSR count). The lowest BCUT2D eigenvalue weighted by molar-refractivity contribution is -0.124. The second-order valence-corrected chi connectivity index (χ2v) is 4.94. The number of pyridine rings is 1. The molecular weight excluding hydrogens is 258 g/mol. The number of H-pyrrole nitrogens is 1. The van der Waals surface area contributed by atoms with Gasteiger partial charge in [-0.2, -0.15) is 0 Å². The molecule has 1 aliphatic rings. The first-order valence-electron chi connectivity index (χ1n) is 6.92. The topological polar surface area (TPSA) is 91.1 Å². The molecule has 2 amide bonds. The summed E-state index contributed by atoms with van der Waals surface area (Å²) in [7, 11) is 0. The Bertz CT molecular complexity index is 532. The molecule has 6 heteroatoms. The van der Waals surface area contributed by atoms with Crippen molar-refractivity contribution in [3.63, 3.8) is 0 Å². The molecule has 1 aromatic heterocycles. The fourth-order valence-corrected chi connectivity index (χ4v) is 2.39. The molecule has 0 bridgehead atoms. The lowest BCUT2D eigenvalue weighted by Gasteiger charge is -2.10. The Hall–Kier alpha value is -2.11. The van der Waals surface area contributed by atoms with Crippen molar-refractivity contribution in [2.45, 2.75) is 25.7 Å². The first-order valence-corrected chi connectivity index (χ1v) is 6.92. The lowest BCUT2D eigenvalue weighted by Crippen LogP contribution is -2.38. The van der Waals surface area contributed by atoms with Gasteiger partial charge in [-0.05, 0) is 25.0 Å². The van der Waals surface area contributed by atoms with E-state index in [1.165, 1.54) is 12.3 Å². The fraction of sp³-hybridized carbons (Fsp3) is 0.500. The van der Waals surface area contributed by atoms with Crippen molar-refractivity contribution in [3.8, 4) is 0 Å². The van der Waals surface area contributed by atoms with Gasteiger partial charge in [0.15, 0.2) is 0 Å². The Labute approximate surface area is 117 Å². The Balaban J connectivity index is 1.71. The molecule has 0 aromatic carbocycles. The third kappa shape index (κ3) is 3.69. The standard InChI is InChI=1S/C14H19N3O3/c18-12(10-4-1-2-5-10)16-8-9-17-14(20)11-6-3-7-15-13(11)19/h3,6-7,10H,1-2,4-5,8-9H2,(H,15,19)(H,16,18)(H,17,20). The number of hydrogen-bond donors (Lipinski definition) is 3. The number of carbonyl (C=O) groups excluding carboxylic acids is 2. The van der Waals surface area contributed by atoms with Crippen LogP contribution in [0.2, 0.25) is 0 Å². The van der Waals surface area contributed by atoms with E-state index in [2.05, 4.69) is 15.6 Å². The Morgan fingerprint density at radius 3 is 2.60 bits per heavy atom. The first kappa shape index (κ1) is 14.3. The summed E-state index contributed by atoms with van der Waals surface area (Å²) in [6.45, 7) is 0.692. The molecule has 0 unspecified atom stereocenters. The van der Waals surface area contributed by atoms with Crippen molar-refractivity contribution in [1.82, 2.24) is 15.6 Å². The van der Waals surface area contributed by atoms with E-state index < -0.39 is 11.5 Å². The van der Waals surface area contributed by atoms with Crippen molar-refractivity contribution in [1.29, 1.82) is 0 Å². The van der Waals surface area contributed by atoms with Crippen LogP contribution >= 0.6 is 0 Å². The van der Waals surface area contributed by atoms with Gasteiger partial charge >= 0.3 is 0 Å². The molecule has 1 fully saturated rings. The zero-order valence-electron chi connectivity index (χ0n) is 11.3. The molecule has 6 nitrogen and oxygen atoms in total. The molecular formula is C14H19N3O3. The summed E-state index contributed by atoms with van der Waals surface area (Å²) in [6.07, 6.45) is 5.62. The normalized spacial score (nSPS) is 15.0. The quantitative estimate of drug-likeness (QED) is 0.681. The van der Waals surface area contributed by atoms with Gasteiger partial charge in [0.05, 0.1) is 0 Å². The summed E-state index contributed by atoms with van der Waals surface area (Å²) in [6, 6.07) is 3.06. The zero-order valence-corrected chi connectivity index (χ0v) is 11.3. The van der Waals surface area contributed by atoms with Crippen LogP contribution in [-0.2, 0) is 4.79 Å². The molecule has 20 heavy (non-hydrogen) atoms. The minimum atomic E-state index is -0.429. The maximum Gasteiger partial charge on any atom is 0.260 e. The van der Waals surface area contributed by atoms with Crippen LogP contribution in [0.1, 0.15) is 36.0 Å². The van der Waals surface area contributed by atoms with E-state index in [1.807, 2.05) is 0 Å². The van der Waals surface area contributed by atoms with Crippen LogP contribution in [0.25, 0.3) is 0 Å².